The topological polar surface area (TPSA) is 66.0 Å². The second-order valence-corrected chi connectivity index (χ2v) is 3.54. The van der Waals surface area contributed by atoms with E-state index in [9.17, 15) is 0 Å². The molecule has 0 aromatic carbocycles. The standard InChI is InChI=1S/C11H14N4O/c1-7-13-6-10(15(7)2)9-5-4-8(12)11(14-9)16-3/h4-6H,12H2,1-3H3. The number of methoxy groups -OCH3 is 1. The van der Waals surface area contributed by atoms with Crippen LogP contribution in [0.25, 0.3) is 11.4 Å². The summed E-state index contributed by atoms with van der Waals surface area (Å²) in [7, 11) is 3.50. The van der Waals surface area contributed by atoms with Gasteiger partial charge in [0.25, 0.3) is 0 Å². The largest absolute Gasteiger partial charge is 0.480 e. The van der Waals surface area contributed by atoms with Crippen molar-refractivity contribution < 1.29 is 4.74 Å². The maximum atomic E-state index is 5.71. The van der Waals surface area contributed by atoms with Crippen LogP contribution in [-0.2, 0) is 7.05 Å². The van der Waals surface area contributed by atoms with Gasteiger partial charge in [0.1, 0.15) is 5.82 Å². The zero-order valence-electron chi connectivity index (χ0n) is 9.56. The van der Waals surface area contributed by atoms with Gasteiger partial charge in [0, 0.05) is 7.05 Å². The highest BCUT2D eigenvalue weighted by atomic mass is 16.5. The van der Waals surface area contributed by atoms with E-state index < -0.39 is 0 Å². The number of pyridine rings is 1. The minimum atomic E-state index is 0.441. The molecule has 2 rings (SSSR count). The van der Waals surface area contributed by atoms with Crippen LogP contribution in [0.5, 0.6) is 5.88 Å². The van der Waals surface area contributed by atoms with Gasteiger partial charge in [-0.15, -0.1) is 0 Å². The van der Waals surface area contributed by atoms with Gasteiger partial charge in [-0.3, -0.25) is 0 Å². The van der Waals surface area contributed by atoms with E-state index in [1.54, 1.807) is 19.4 Å². The number of nitrogen functional groups attached to an aromatic ring is 1. The fraction of sp³-hybridized carbons (Fsp3) is 0.273. The Morgan fingerprint density at radius 3 is 2.69 bits per heavy atom. The molecular formula is C11H14N4O. The third-order valence-corrected chi connectivity index (χ3v) is 2.57. The van der Waals surface area contributed by atoms with Crippen LogP contribution >= 0.6 is 0 Å². The predicted octanol–water partition coefficient (Wildman–Crippen LogP) is 1.38. The Morgan fingerprint density at radius 2 is 2.12 bits per heavy atom. The monoisotopic (exact) mass is 218 g/mol. The fourth-order valence-corrected chi connectivity index (χ4v) is 1.50. The van der Waals surface area contributed by atoms with Crippen LogP contribution in [0.2, 0.25) is 0 Å². The summed E-state index contributed by atoms with van der Waals surface area (Å²) in [5.74, 6) is 1.38. The summed E-state index contributed by atoms with van der Waals surface area (Å²) in [6.07, 6.45) is 1.79. The molecular weight excluding hydrogens is 204 g/mol. The van der Waals surface area contributed by atoms with Crippen molar-refractivity contribution in [2.45, 2.75) is 6.92 Å². The summed E-state index contributed by atoms with van der Waals surface area (Å²) in [5, 5.41) is 0. The van der Waals surface area contributed by atoms with Gasteiger partial charge in [0.05, 0.1) is 30.4 Å². The molecule has 2 aromatic rings. The number of hydrogen-bond donors (Lipinski definition) is 1. The van der Waals surface area contributed by atoms with E-state index in [-0.39, 0.29) is 0 Å². The molecule has 2 aromatic heterocycles. The van der Waals surface area contributed by atoms with Crippen LogP contribution in [0.15, 0.2) is 18.3 Å². The maximum absolute atomic E-state index is 5.71. The predicted molar refractivity (Wildman–Crippen MR) is 62.1 cm³/mol. The first kappa shape index (κ1) is 10.5. The Kier molecular flexibility index (Phi) is 2.52. The lowest BCUT2D eigenvalue weighted by Crippen LogP contribution is -1.99. The first-order valence-electron chi connectivity index (χ1n) is 4.92. The zero-order chi connectivity index (χ0) is 11.7. The summed E-state index contributed by atoms with van der Waals surface area (Å²) in [6.45, 7) is 1.94. The summed E-state index contributed by atoms with van der Waals surface area (Å²) in [6, 6.07) is 3.64. The van der Waals surface area contributed by atoms with Gasteiger partial charge in [-0.2, -0.15) is 0 Å². The minimum Gasteiger partial charge on any atom is -0.480 e. The van der Waals surface area contributed by atoms with E-state index in [4.69, 9.17) is 10.5 Å². The number of anilines is 1. The van der Waals surface area contributed by atoms with E-state index in [1.807, 2.05) is 24.6 Å². The highest BCUT2D eigenvalue weighted by Gasteiger charge is 2.09. The third-order valence-electron chi connectivity index (χ3n) is 2.57. The molecule has 5 nitrogen and oxygen atoms in total. The lowest BCUT2D eigenvalue weighted by atomic mass is 10.2. The van der Waals surface area contributed by atoms with Gasteiger partial charge in [-0.1, -0.05) is 0 Å². The minimum absolute atomic E-state index is 0.441. The average Bonchev–Trinajstić information content (AvgIpc) is 2.61. The molecule has 0 bridgehead atoms. The number of nitrogens with two attached hydrogens (primary N) is 1. The first-order chi connectivity index (χ1) is 7.63. The second kappa shape index (κ2) is 3.84. The number of hydrogen-bond acceptors (Lipinski definition) is 4. The Labute approximate surface area is 93.9 Å². The Morgan fingerprint density at radius 1 is 1.38 bits per heavy atom. The van der Waals surface area contributed by atoms with Crippen LogP contribution < -0.4 is 10.5 Å². The van der Waals surface area contributed by atoms with E-state index in [1.165, 1.54) is 0 Å². The number of rotatable bonds is 2. The van der Waals surface area contributed by atoms with Crippen molar-refractivity contribution >= 4 is 5.69 Å². The summed E-state index contributed by atoms with van der Waals surface area (Å²) >= 11 is 0. The van der Waals surface area contributed by atoms with Crippen molar-refractivity contribution in [2.24, 2.45) is 7.05 Å². The normalized spacial score (nSPS) is 10.4. The quantitative estimate of drug-likeness (QED) is 0.827. The van der Waals surface area contributed by atoms with Crippen molar-refractivity contribution in [3.63, 3.8) is 0 Å². The Balaban J connectivity index is 2.52. The van der Waals surface area contributed by atoms with E-state index in [2.05, 4.69) is 9.97 Å². The Hall–Kier alpha value is -2.04. The molecule has 0 aliphatic rings. The molecule has 0 atom stereocenters. The number of aromatic nitrogens is 3. The van der Waals surface area contributed by atoms with Crippen LogP contribution in [0.3, 0.4) is 0 Å². The van der Waals surface area contributed by atoms with Gasteiger partial charge >= 0.3 is 0 Å². The molecule has 5 heteroatoms. The molecule has 84 valence electrons. The van der Waals surface area contributed by atoms with Crippen molar-refractivity contribution in [1.82, 2.24) is 14.5 Å². The first-order valence-corrected chi connectivity index (χ1v) is 4.92. The molecule has 0 aliphatic carbocycles. The molecule has 2 N–H and O–H groups in total. The molecule has 0 amide bonds. The van der Waals surface area contributed by atoms with Gasteiger partial charge < -0.3 is 15.0 Å². The molecule has 2 heterocycles. The van der Waals surface area contributed by atoms with Crippen LogP contribution in [0.1, 0.15) is 5.82 Å². The molecule has 0 saturated carbocycles. The molecule has 0 spiro atoms. The average molecular weight is 218 g/mol. The van der Waals surface area contributed by atoms with E-state index in [0.29, 0.717) is 11.6 Å². The molecule has 16 heavy (non-hydrogen) atoms. The van der Waals surface area contributed by atoms with Crippen molar-refractivity contribution in [1.29, 1.82) is 0 Å². The molecule has 0 saturated heterocycles. The molecule has 0 aliphatic heterocycles. The van der Waals surface area contributed by atoms with Crippen LogP contribution in [0, 0.1) is 6.92 Å². The zero-order valence-corrected chi connectivity index (χ0v) is 9.56. The smallest absolute Gasteiger partial charge is 0.237 e. The molecule has 0 radical (unpaired) electrons. The second-order valence-electron chi connectivity index (χ2n) is 3.54. The molecule has 0 unspecified atom stereocenters. The van der Waals surface area contributed by atoms with Crippen LogP contribution in [-0.4, -0.2) is 21.6 Å². The van der Waals surface area contributed by atoms with Crippen molar-refractivity contribution in [3.05, 3.63) is 24.2 Å². The Bertz CT molecular complexity index is 519. The van der Waals surface area contributed by atoms with Gasteiger partial charge in [0.15, 0.2) is 0 Å². The lowest BCUT2D eigenvalue weighted by Gasteiger charge is -2.07. The van der Waals surface area contributed by atoms with E-state index >= 15 is 0 Å². The fourth-order valence-electron chi connectivity index (χ4n) is 1.50. The third kappa shape index (κ3) is 1.60. The van der Waals surface area contributed by atoms with Gasteiger partial charge in [0.2, 0.25) is 5.88 Å². The molecule has 0 fully saturated rings. The summed E-state index contributed by atoms with van der Waals surface area (Å²) in [4.78, 5) is 8.55. The lowest BCUT2D eigenvalue weighted by molar-refractivity contribution is 0.400. The summed E-state index contributed by atoms with van der Waals surface area (Å²) in [5.41, 5.74) is 7.98. The van der Waals surface area contributed by atoms with Gasteiger partial charge in [-0.25, -0.2) is 9.97 Å². The van der Waals surface area contributed by atoms with Crippen molar-refractivity contribution in [2.75, 3.05) is 12.8 Å². The van der Waals surface area contributed by atoms with Crippen molar-refractivity contribution in [3.8, 4) is 17.3 Å². The van der Waals surface area contributed by atoms with Crippen LogP contribution in [0.4, 0.5) is 5.69 Å². The maximum Gasteiger partial charge on any atom is 0.237 e. The number of ether oxygens (including phenoxy) is 1. The SMILES string of the molecule is COc1nc(-c2cnc(C)n2C)ccc1N. The number of imidazole rings is 1. The highest BCUT2D eigenvalue weighted by molar-refractivity contribution is 5.60. The number of nitrogens with zero attached hydrogens (tertiary/aromatic N) is 3. The highest BCUT2D eigenvalue weighted by Crippen LogP contribution is 2.24. The van der Waals surface area contributed by atoms with Gasteiger partial charge in [-0.05, 0) is 19.1 Å². The number of aryl methyl sites for hydroxylation is 1. The van der Waals surface area contributed by atoms with E-state index in [0.717, 1.165) is 17.2 Å². The summed E-state index contributed by atoms with van der Waals surface area (Å²) < 4.78 is 7.06.